The molecule has 2 heterocycles. The van der Waals surface area contributed by atoms with Gasteiger partial charge in [0.15, 0.2) is 5.82 Å². The Labute approximate surface area is 321 Å². The van der Waals surface area contributed by atoms with Crippen molar-refractivity contribution < 1.29 is 0 Å². The minimum atomic E-state index is -0.0528. The fourth-order valence-corrected chi connectivity index (χ4v) is 8.31. The molecule has 0 saturated heterocycles. The zero-order valence-electron chi connectivity index (χ0n) is 30.7. The van der Waals surface area contributed by atoms with E-state index in [2.05, 4.69) is 170 Å². The predicted octanol–water partition coefficient (Wildman–Crippen LogP) is 13.3. The molecule has 7 aromatic carbocycles. The third-order valence-electron chi connectivity index (χ3n) is 11.2. The van der Waals surface area contributed by atoms with Crippen LogP contribution in [0.3, 0.4) is 0 Å². The normalized spacial score (nSPS) is 12.7. The van der Waals surface area contributed by atoms with Crippen LogP contribution in [0.25, 0.3) is 89.2 Å². The monoisotopic (exact) mass is 703 g/mol. The molecule has 0 amide bonds. The highest BCUT2D eigenvalue weighted by atomic mass is 14.9. The lowest BCUT2D eigenvalue weighted by Crippen LogP contribution is -2.15. The minimum Gasteiger partial charge on any atom is -0.264 e. The number of aromatic nitrogens is 3. The van der Waals surface area contributed by atoms with Crippen molar-refractivity contribution in [3.63, 3.8) is 0 Å². The van der Waals surface area contributed by atoms with Crippen molar-refractivity contribution in [2.24, 2.45) is 0 Å². The number of hydrogen-bond donors (Lipinski definition) is 0. The van der Waals surface area contributed by atoms with Crippen molar-refractivity contribution in [1.82, 2.24) is 15.0 Å². The van der Waals surface area contributed by atoms with Gasteiger partial charge in [-0.1, -0.05) is 172 Å². The number of hydrogen-bond acceptors (Lipinski definition) is 3. The Kier molecular flexibility index (Phi) is 7.81. The van der Waals surface area contributed by atoms with Crippen molar-refractivity contribution in [2.75, 3.05) is 0 Å². The first-order valence-corrected chi connectivity index (χ1v) is 18.8. The topological polar surface area (TPSA) is 38.7 Å². The molecule has 3 heteroatoms. The lowest BCUT2D eigenvalue weighted by molar-refractivity contribution is 0.666. The van der Waals surface area contributed by atoms with Crippen molar-refractivity contribution in [3.8, 4) is 78.4 Å². The first-order chi connectivity index (χ1) is 27.0. The second-order valence-corrected chi connectivity index (χ2v) is 14.9. The third-order valence-corrected chi connectivity index (χ3v) is 11.2. The van der Waals surface area contributed by atoms with E-state index in [-0.39, 0.29) is 5.41 Å². The summed E-state index contributed by atoms with van der Waals surface area (Å²) >= 11 is 0. The van der Waals surface area contributed by atoms with E-state index in [0.29, 0.717) is 5.82 Å². The van der Waals surface area contributed by atoms with E-state index in [0.717, 1.165) is 44.8 Å². The molecule has 1 aliphatic carbocycles. The first kappa shape index (κ1) is 32.7. The molecule has 1 aliphatic rings. The van der Waals surface area contributed by atoms with E-state index in [1.807, 2.05) is 30.5 Å². The summed E-state index contributed by atoms with van der Waals surface area (Å²) in [4.78, 5) is 14.4. The molecule has 3 nitrogen and oxygen atoms in total. The number of rotatable bonds is 6. The molecule has 2 aromatic heterocycles. The van der Waals surface area contributed by atoms with Gasteiger partial charge in [0.05, 0.1) is 11.4 Å². The maximum atomic E-state index is 5.06. The van der Waals surface area contributed by atoms with Gasteiger partial charge >= 0.3 is 0 Å². The Morgan fingerprint density at radius 1 is 0.400 bits per heavy atom. The van der Waals surface area contributed by atoms with Gasteiger partial charge in [0, 0.05) is 34.5 Å². The summed E-state index contributed by atoms with van der Waals surface area (Å²) in [5.41, 5.74) is 17.3. The average molecular weight is 704 g/mol. The van der Waals surface area contributed by atoms with Crippen LogP contribution < -0.4 is 0 Å². The van der Waals surface area contributed by atoms with E-state index in [4.69, 9.17) is 9.97 Å². The summed E-state index contributed by atoms with van der Waals surface area (Å²) in [6.45, 7) is 4.72. The highest BCUT2D eigenvalue weighted by Crippen LogP contribution is 2.52. The van der Waals surface area contributed by atoms with Crippen LogP contribution in [0.4, 0.5) is 0 Å². The smallest absolute Gasteiger partial charge is 0.160 e. The van der Waals surface area contributed by atoms with Gasteiger partial charge in [0.25, 0.3) is 0 Å². The van der Waals surface area contributed by atoms with E-state index >= 15 is 0 Å². The highest BCUT2D eigenvalue weighted by molar-refractivity contribution is 5.98. The van der Waals surface area contributed by atoms with Crippen LogP contribution in [-0.2, 0) is 5.41 Å². The maximum Gasteiger partial charge on any atom is 0.160 e. The number of nitrogens with zero attached hydrogens (tertiary/aromatic N) is 3. The highest BCUT2D eigenvalue weighted by Gasteiger charge is 2.36. The zero-order chi connectivity index (χ0) is 36.9. The van der Waals surface area contributed by atoms with Crippen LogP contribution in [-0.4, -0.2) is 15.0 Å². The molecule has 10 rings (SSSR count). The minimum absolute atomic E-state index is 0.0528. The third kappa shape index (κ3) is 5.82. The number of pyridine rings is 1. The van der Waals surface area contributed by atoms with Crippen LogP contribution in [0.1, 0.15) is 25.0 Å². The molecular formula is C52H37N3. The summed E-state index contributed by atoms with van der Waals surface area (Å²) in [5.74, 6) is 0.705. The summed E-state index contributed by atoms with van der Waals surface area (Å²) < 4.78 is 0. The second-order valence-electron chi connectivity index (χ2n) is 14.9. The average Bonchev–Trinajstić information content (AvgIpc) is 3.50. The standard InChI is InChI=1S/C52H37N3/c1-52(2)47-29-27-42(31-46(47)45-28-26-38-9-6-7-13-44(38)50(45)52)36-16-14-34(15-17-36)35-18-22-39(23-19-35)48-32-49(55-51(54-48)41-10-4-3-5-11-41)40-24-20-37(21-25-40)43-12-8-30-53-33-43/h3-33H,1-2H3. The molecule has 0 unspecified atom stereocenters. The molecule has 9 aromatic rings. The van der Waals surface area contributed by atoms with E-state index in [1.165, 1.54) is 49.7 Å². The Hall–Kier alpha value is -6.97. The number of fused-ring (bicyclic) bond motifs is 5. The Morgan fingerprint density at radius 2 is 0.945 bits per heavy atom. The molecule has 0 N–H and O–H groups in total. The van der Waals surface area contributed by atoms with Crippen LogP contribution in [0.2, 0.25) is 0 Å². The van der Waals surface area contributed by atoms with E-state index in [9.17, 15) is 0 Å². The molecule has 0 saturated carbocycles. The second kappa shape index (κ2) is 13.2. The van der Waals surface area contributed by atoms with Gasteiger partial charge in [0.1, 0.15) is 0 Å². The maximum absolute atomic E-state index is 5.06. The molecule has 0 spiro atoms. The molecule has 0 radical (unpaired) electrons. The summed E-state index contributed by atoms with van der Waals surface area (Å²) in [5, 5.41) is 2.65. The van der Waals surface area contributed by atoms with Gasteiger partial charge in [0.2, 0.25) is 0 Å². The first-order valence-electron chi connectivity index (χ1n) is 18.8. The molecular weight excluding hydrogens is 667 g/mol. The van der Waals surface area contributed by atoms with Crippen molar-refractivity contribution in [1.29, 1.82) is 0 Å². The quantitative estimate of drug-likeness (QED) is 0.173. The Morgan fingerprint density at radius 3 is 1.58 bits per heavy atom. The van der Waals surface area contributed by atoms with E-state index < -0.39 is 0 Å². The van der Waals surface area contributed by atoms with Gasteiger partial charge in [-0.15, -0.1) is 0 Å². The number of benzene rings is 7. The van der Waals surface area contributed by atoms with Crippen molar-refractivity contribution in [2.45, 2.75) is 19.3 Å². The lowest BCUT2D eigenvalue weighted by atomic mass is 9.80. The largest absolute Gasteiger partial charge is 0.264 e. The summed E-state index contributed by atoms with van der Waals surface area (Å²) in [7, 11) is 0. The molecule has 0 bridgehead atoms. The van der Waals surface area contributed by atoms with Crippen molar-refractivity contribution in [3.05, 3.63) is 199 Å². The van der Waals surface area contributed by atoms with Gasteiger partial charge in [-0.05, 0) is 84.6 Å². The zero-order valence-corrected chi connectivity index (χ0v) is 30.7. The molecule has 0 atom stereocenters. The molecule has 0 fully saturated rings. The van der Waals surface area contributed by atoms with Gasteiger partial charge < -0.3 is 0 Å². The molecule has 0 aliphatic heterocycles. The summed E-state index contributed by atoms with van der Waals surface area (Å²) in [6.07, 6.45) is 3.68. The predicted molar refractivity (Wildman–Crippen MR) is 228 cm³/mol. The summed E-state index contributed by atoms with van der Waals surface area (Å²) in [6, 6.07) is 62.8. The fourth-order valence-electron chi connectivity index (χ4n) is 8.31. The molecule has 55 heavy (non-hydrogen) atoms. The van der Waals surface area contributed by atoms with Crippen molar-refractivity contribution >= 4 is 10.8 Å². The van der Waals surface area contributed by atoms with Crippen LogP contribution in [0.5, 0.6) is 0 Å². The SMILES string of the molecule is CC1(C)c2ccc(-c3ccc(-c4ccc(-c5cc(-c6ccc(-c7cccnc7)cc6)nc(-c6ccccc6)n5)cc4)cc3)cc2-c2ccc3ccccc3c21. The van der Waals surface area contributed by atoms with Crippen LogP contribution >= 0.6 is 0 Å². The van der Waals surface area contributed by atoms with Gasteiger partial charge in [-0.2, -0.15) is 0 Å². The lowest BCUT2D eigenvalue weighted by Gasteiger charge is -2.23. The van der Waals surface area contributed by atoms with E-state index in [1.54, 1.807) is 6.20 Å². The van der Waals surface area contributed by atoms with Crippen LogP contribution in [0.15, 0.2) is 188 Å². The van der Waals surface area contributed by atoms with Gasteiger partial charge in [-0.3, -0.25) is 4.98 Å². The molecule has 260 valence electrons. The Bertz CT molecular complexity index is 2840. The Balaban J connectivity index is 0.945. The fraction of sp³-hybridized carbons (Fsp3) is 0.0577. The van der Waals surface area contributed by atoms with Gasteiger partial charge in [-0.25, -0.2) is 9.97 Å². The van der Waals surface area contributed by atoms with Crippen LogP contribution in [0, 0.1) is 0 Å².